The summed E-state index contributed by atoms with van der Waals surface area (Å²) in [6.45, 7) is 6.24. The van der Waals surface area contributed by atoms with Crippen molar-refractivity contribution in [1.82, 2.24) is 20.0 Å². The third-order valence-electron chi connectivity index (χ3n) is 4.13. The Kier molecular flexibility index (Phi) is 5.43. The van der Waals surface area contributed by atoms with Gasteiger partial charge in [-0.3, -0.25) is 4.90 Å². The van der Waals surface area contributed by atoms with Crippen molar-refractivity contribution in [2.75, 3.05) is 13.1 Å². The Bertz CT molecular complexity index is 698. The number of hydrogen-bond donors (Lipinski definition) is 0. The van der Waals surface area contributed by atoms with Gasteiger partial charge in [-0.2, -0.15) is 18.2 Å². The van der Waals surface area contributed by atoms with E-state index < -0.39 is 11.9 Å². The van der Waals surface area contributed by atoms with E-state index in [4.69, 9.17) is 4.52 Å². The van der Waals surface area contributed by atoms with Gasteiger partial charge in [-0.15, -0.1) is 11.3 Å². The first-order valence-electron chi connectivity index (χ1n) is 8.37. The summed E-state index contributed by atoms with van der Waals surface area (Å²) < 4.78 is 43.5. The van der Waals surface area contributed by atoms with Gasteiger partial charge in [0, 0.05) is 24.3 Å². The summed E-state index contributed by atoms with van der Waals surface area (Å²) in [5.74, 6) is 1.74. The monoisotopic (exact) mass is 374 g/mol. The van der Waals surface area contributed by atoms with Crippen LogP contribution in [0.5, 0.6) is 0 Å². The molecule has 9 heteroatoms. The van der Waals surface area contributed by atoms with Crippen molar-refractivity contribution < 1.29 is 17.7 Å². The van der Waals surface area contributed by atoms with E-state index in [1.807, 2.05) is 0 Å². The van der Waals surface area contributed by atoms with Crippen molar-refractivity contribution in [2.24, 2.45) is 5.92 Å². The van der Waals surface area contributed by atoms with Gasteiger partial charge < -0.3 is 4.52 Å². The Morgan fingerprint density at radius 3 is 2.84 bits per heavy atom. The molecule has 1 saturated heterocycles. The number of piperidine rings is 1. The van der Waals surface area contributed by atoms with Crippen LogP contribution in [0.2, 0.25) is 0 Å². The summed E-state index contributed by atoms with van der Waals surface area (Å²) in [6.07, 6.45) is -1.84. The third-order valence-corrected chi connectivity index (χ3v) is 5.13. The number of alkyl halides is 3. The molecule has 0 spiro atoms. The number of likely N-dealkylation sites (tertiary alicyclic amines) is 1. The molecule has 25 heavy (non-hydrogen) atoms. The molecule has 1 atom stereocenters. The topological polar surface area (TPSA) is 55.1 Å². The molecule has 0 aromatic carbocycles. The minimum atomic E-state index is -4.38. The maximum atomic E-state index is 12.7. The lowest BCUT2D eigenvalue weighted by molar-refractivity contribution is -0.140. The van der Waals surface area contributed by atoms with Gasteiger partial charge in [0.2, 0.25) is 5.89 Å². The average molecular weight is 374 g/mol. The third kappa shape index (κ3) is 4.78. The lowest BCUT2D eigenvalue weighted by atomic mass is 9.99. The highest BCUT2D eigenvalue weighted by atomic mass is 32.1. The highest BCUT2D eigenvalue weighted by Crippen LogP contribution is 2.35. The predicted molar refractivity (Wildman–Crippen MR) is 87.2 cm³/mol. The van der Waals surface area contributed by atoms with Gasteiger partial charge in [-0.1, -0.05) is 19.0 Å². The fourth-order valence-electron chi connectivity index (χ4n) is 3.00. The minimum absolute atomic E-state index is 0.0212. The van der Waals surface area contributed by atoms with Crippen LogP contribution in [0.3, 0.4) is 0 Å². The summed E-state index contributed by atoms with van der Waals surface area (Å²) in [7, 11) is 0. The molecule has 0 bridgehead atoms. The zero-order chi connectivity index (χ0) is 18.0. The SMILES string of the molecule is CC(C)Cc1noc(CN2CCCC(c3nc(C(F)(F)F)cs3)C2)n1. The first kappa shape index (κ1) is 18.3. The smallest absolute Gasteiger partial charge is 0.338 e. The number of nitrogens with zero attached hydrogens (tertiary/aromatic N) is 4. The quantitative estimate of drug-likeness (QED) is 0.788. The molecule has 3 rings (SSSR count). The Morgan fingerprint density at radius 2 is 2.16 bits per heavy atom. The molecular formula is C16H21F3N4OS. The van der Waals surface area contributed by atoms with E-state index in [0.29, 0.717) is 35.7 Å². The zero-order valence-corrected chi connectivity index (χ0v) is 15.0. The van der Waals surface area contributed by atoms with Crippen LogP contribution < -0.4 is 0 Å². The molecule has 2 aromatic rings. The molecule has 3 heterocycles. The van der Waals surface area contributed by atoms with Crippen molar-refractivity contribution in [3.63, 3.8) is 0 Å². The van der Waals surface area contributed by atoms with Crippen LogP contribution in [0.1, 0.15) is 55.0 Å². The van der Waals surface area contributed by atoms with E-state index in [1.54, 1.807) is 0 Å². The van der Waals surface area contributed by atoms with E-state index in [9.17, 15) is 13.2 Å². The van der Waals surface area contributed by atoms with Crippen molar-refractivity contribution in [2.45, 2.75) is 51.7 Å². The van der Waals surface area contributed by atoms with Crippen molar-refractivity contribution in [1.29, 1.82) is 0 Å². The lowest BCUT2D eigenvalue weighted by Crippen LogP contribution is -2.34. The predicted octanol–water partition coefficient (Wildman–Crippen LogP) is 4.12. The van der Waals surface area contributed by atoms with Gasteiger partial charge in [0.05, 0.1) is 11.6 Å². The van der Waals surface area contributed by atoms with E-state index in [0.717, 1.165) is 42.5 Å². The summed E-state index contributed by atoms with van der Waals surface area (Å²) in [6, 6.07) is 0. The summed E-state index contributed by atoms with van der Waals surface area (Å²) in [4.78, 5) is 10.3. The first-order valence-corrected chi connectivity index (χ1v) is 9.25. The summed E-state index contributed by atoms with van der Waals surface area (Å²) >= 11 is 1.09. The second-order valence-electron chi connectivity index (χ2n) is 6.85. The Morgan fingerprint density at radius 1 is 1.36 bits per heavy atom. The number of hydrogen-bond acceptors (Lipinski definition) is 6. The second-order valence-corrected chi connectivity index (χ2v) is 7.74. The van der Waals surface area contributed by atoms with Gasteiger partial charge in [-0.05, 0) is 25.3 Å². The maximum absolute atomic E-state index is 12.7. The molecule has 0 amide bonds. The van der Waals surface area contributed by atoms with Crippen LogP contribution in [0.4, 0.5) is 13.2 Å². The average Bonchev–Trinajstić information content (AvgIpc) is 3.16. The molecule has 1 aliphatic rings. The van der Waals surface area contributed by atoms with Crippen LogP contribution in [0.15, 0.2) is 9.90 Å². The van der Waals surface area contributed by atoms with Crippen LogP contribution >= 0.6 is 11.3 Å². The first-order chi connectivity index (χ1) is 11.8. The van der Waals surface area contributed by atoms with Crippen molar-refractivity contribution in [3.8, 4) is 0 Å². The zero-order valence-electron chi connectivity index (χ0n) is 14.2. The molecule has 138 valence electrons. The highest BCUT2D eigenvalue weighted by molar-refractivity contribution is 7.09. The van der Waals surface area contributed by atoms with Gasteiger partial charge in [-0.25, -0.2) is 4.98 Å². The van der Waals surface area contributed by atoms with Gasteiger partial charge >= 0.3 is 6.18 Å². The maximum Gasteiger partial charge on any atom is 0.434 e. The largest absolute Gasteiger partial charge is 0.434 e. The second kappa shape index (κ2) is 7.41. The number of thiazole rings is 1. The molecule has 1 fully saturated rings. The molecule has 5 nitrogen and oxygen atoms in total. The van der Waals surface area contributed by atoms with Crippen LogP contribution in [0.25, 0.3) is 0 Å². The van der Waals surface area contributed by atoms with E-state index in [1.165, 1.54) is 0 Å². The molecule has 1 aliphatic heterocycles. The van der Waals surface area contributed by atoms with Crippen molar-refractivity contribution >= 4 is 11.3 Å². The molecule has 1 unspecified atom stereocenters. The minimum Gasteiger partial charge on any atom is -0.338 e. The molecule has 0 N–H and O–H groups in total. The molecule has 0 saturated carbocycles. The fourth-order valence-corrected chi connectivity index (χ4v) is 3.95. The molecule has 0 radical (unpaired) electrons. The number of aromatic nitrogens is 3. The Hall–Kier alpha value is -1.48. The van der Waals surface area contributed by atoms with E-state index in [2.05, 4.69) is 33.9 Å². The van der Waals surface area contributed by atoms with Gasteiger partial charge in [0.25, 0.3) is 0 Å². The number of rotatable bonds is 5. The fraction of sp³-hybridized carbons (Fsp3) is 0.688. The standard InChI is InChI=1S/C16H21F3N4OS/c1-10(2)6-13-21-14(24-22-13)8-23-5-3-4-11(7-23)15-20-12(9-25-15)16(17,18)19/h9-11H,3-8H2,1-2H3. The van der Waals surface area contributed by atoms with Crippen LogP contribution in [-0.4, -0.2) is 33.1 Å². The van der Waals surface area contributed by atoms with Gasteiger partial charge in [0.15, 0.2) is 11.5 Å². The Labute approximate surface area is 148 Å². The van der Waals surface area contributed by atoms with Crippen LogP contribution in [0, 0.1) is 5.92 Å². The summed E-state index contributed by atoms with van der Waals surface area (Å²) in [5.41, 5.74) is -0.792. The molecular weight excluding hydrogens is 353 g/mol. The van der Waals surface area contributed by atoms with Crippen LogP contribution in [-0.2, 0) is 19.1 Å². The molecule has 0 aliphatic carbocycles. The molecule has 2 aromatic heterocycles. The summed E-state index contributed by atoms with van der Waals surface area (Å²) in [5, 5.41) is 5.64. The lowest BCUT2D eigenvalue weighted by Gasteiger charge is -2.30. The highest BCUT2D eigenvalue weighted by Gasteiger charge is 2.35. The van der Waals surface area contributed by atoms with E-state index in [-0.39, 0.29) is 5.92 Å². The Balaban J connectivity index is 1.61. The number of halogens is 3. The normalized spacial score (nSPS) is 19.7. The van der Waals surface area contributed by atoms with E-state index >= 15 is 0 Å². The van der Waals surface area contributed by atoms with Gasteiger partial charge in [0.1, 0.15) is 0 Å². The van der Waals surface area contributed by atoms with Crippen molar-refractivity contribution in [3.05, 3.63) is 27.8 Å².